The third-order valence-corrected chi connectivity index (χ3v) is 4.15. The summed E-state index contributed by atoms with van der Waals surface area (Å²) < 4.78 is 32.0. The summed E-state index contributed by atoms with van der Waals surface area (Å²) in [7, 11) is 1.65. The topological polar surface area (TPSA) is 21.3 Å². The van der Waals surface area contributed by atoms with Crippen LogP contribution in [0, 0.1) is 11.6 Å². The third-order valence-electron chi connectivity index (χ3n) is 4.15. The molecule has 1 unspecified atom stereocenters. The fourth-order valence-electron chi connectivity index (χ4n) is 2.74. The van der Waals surface area contributed by atoms with E-state index >= 15 is 0 Å². The lowest BCUT2D eigenvalue weighted by molar-refractivity contribution is 0.415. The molecule has 0 aliphatic carbocycles. The fourth-order valence-corrected chi connectivity index (χ4v) is 2.74. The van der Waals surface area contributed by atoms with Crippen LogP contribution in [0.4, 0.5) is 8.78 Å². The van der Waals surface area contributed by atoms with Crippen molar-refractivity contribution in [3.63, 3.8) is 0 Å². The van der Waals surface area contributed by atoms with Gasteiger partial charge in [0.15, 0.2) is 0 Å². The Morgan fingerprint density at radius 3 is 2.40 bits per heavy atom. The van der Waals surface area contributed by atoms with Crippen LogP contribution in [0.25, 0.3) is 10.8 Å². The molecular formula is C20H20ClF2NO. The van der Waals surface area contributed by atoms with E-state index in [2.05, 4.69) is 11.4 Å². The van der Waals surface area contributed by atoms with E-state index in [1.165, 1.54) is 12.1 Å². The fraction of sp³-hybridized carbons (Fsp3) is 0.200. The molecule has 0 radical (unpaired) electrons. The summed E-state index contributed by atoms with van der Waals surface area (Å²) in [4.78, 5) is 0. The molecule has 2 nitrogen and oxygen atoms in total. The minimum atomic E-state index is -0.562. The Bertz CT molecular complexity index is 869. The molecule has 3 rings (SSSR count). The lowest BCUT2D eigenvalue weighted by Crippen LogP contribution is -2.19. The Labute approximate surface area is 152 Å². The molecule has 1 atom stereocenters. The van der Waals surface area contributed by atoms with Gasteiger partial charge in [0.2, 0.25) is 0 Å². The highest BCUT2D eigenvalue weighted by Crippen LogP contribution is 2.23. The normalized spacial score (nSPS) is 11.8. The van der Waals surface area contributed by atoms with Crippen molar-refractivity contribution >= 4 is 23.2 Å². The molecule has 1 N–H and O–H groups in total. The second kappa shape index (κ2) is 8.28. The number of hydrogen-bond acceptors (Lipinski definition) is 2. The van der Waals surface area contributed by atoms with E-state index in [1.54, 1.807) is 7.11 Å². The van der Waals surface area contributed by atoms with E-state index in [0.717, 1.165) is 28.2 Å². The number of nitrogens with one attached hydrogen (secondary N) is 1. The summed E-state index contributed by atoms with van der Waals surface area (Å²) in [6.45, 7) is 2.46. The standard InChI is InChI=1S/C20H19F2NO.ClH/c1-13(19-8-6-17(21)11-20(19)22)23-12-14-3-4-16-10-18(24-2)7-5-15(16)9-14;/h3-11,13,23H,12H2,1-2H3;1H. The molecule has 0 heterocycles. The van der Waals surface area contributed by atoms with Gasteiger partial charge in [-0.3, -0.25) is 0 Å². The van der Waals surface area contributed by atoms with Crippen LogP contribution >= 0.6 is 12.4 Å². The van der Waals surface area contributed by atoms with Crippen LogP contribution < -0.4 is 10.1 Å². The SMILES string of the molecule is COc1ccc2cc(CNC(C)c3ccc(F)cc3F)ccc2c1.Cl. The van der Waals surface area contributed by atoms with Crippen LogP contribution in [0.15, 0.2) is 54.6 Å². The highest BCUT2D eigenvalue weighted by molar-refractivity contribution is 5.85. The van der Waals surface area contributed by atoms with Crippen molar-refractivity contribution in [2.24, 2.45) is 0 Å². The van der Waals surface area contributed by atoms with Gasteiger partial charge in [-0.25, -0.2) is 8.78 Å². The number of rotatable bonds is 5. The predicted octanol–water partition coefficient (Wildman–Crippen LogP) is 5.40. The summed E-state index contributed by atoms with van der Waals surface area (Å²) in [6.07, 6.45) is 0. The average Bonchev–Trinajstić information content (AvgIpc) is 2.59. The van der Waals surface area contributed by atoms with Gasteiger partial charge in [0, 0.05) is 24.2 Å². The second-order valence-corrected chi connectivity index (χ2v) is 5.82. The number of hydrogen-bond donors (Lipinski definition) is 1. The molecule has 3 aromatic rings. The number of benzene rings is 3. The summed E-state index contributed by atoms with van der Waals surface area (Å²) in [5.41, 5.74) is 1.56. The summed E-state index contributed by atoms with van der Waals surface area (Å²) in [5.74, 6) is -0.261. The van der Waals surface area contributed by atoms with Crippen LogP contribution in [0.3, 0.4) is 0 Å². The Morgan fingerprint density at radius 1 is 0.960 bits per heavy atom. The molecule has 0 aliphatic rings. The molecule has 132 valence electrons. The molecule has 0 spiro atoms. The number of methoxy groups -OCH3 is 1. The van der Waals surface area contributed by atoms with Crippen LogP contribution in [0.1, 0.15) is 24.1 Å². The first-order chi connectivity index (χ1) is 11.6. The summed E-state index contributed by atoms with van der Waals surface area (Å²) in [6, 6.07) is 15.6. The molecule has 0 aliphatic heterocycles. The number of ether oxygens (including phenoxy) is 1. The molecular weight excluding hydrogens is 344 g/mol. The largest absolute Gasteiger partial charge is 0.497 e. The smallest absolute Gasteiger partial charge is 0.130 e. The van der Waals surface area contributed by atoms with Crippen LogP contribution in [0.5, 0.6) is 5.75 Å². The Morgan fingerprint density at radius 2 is 1.68 bits per heavy atom. The quantitative estimate of drug-likeness (QED) is 0.655. The van der Waals surface area contributed by atoms with Gasteiger partial charge in [-0.15, -0.1) is 12.4 Å². The molecule has 0 aromatic heterocycles. The Kier molecular flexibility index (Phi) is 6.34. The summed E-state index contributed by atoms with van der Waals surface area (Å²) in [5, 5.41) is 5.50. The predicted molar refractivity (Wildman–Crippen MR) is 99.4 cm³/mol. The van der Waals surface area contributed by atoms with E-state index in [1.807, 2.05) is 37.3 Å². The van der Waals surface area contributed by atoms with Crippen LogP contribution in [-0.4, -0.2) is 7.11 Å². The van der Waals surface area contributed by atoms with Gasteiger partial charge in [0.05, 0.1) is 7.11 Å². The number of fused-ring (bicyclic) bond motifs is 1. The van der Waals surface area contributed by atoms with E-state index in [9.17, 15) is 8.78 Å². The zero-order valence-corrected chi connectivity index (χ0v) is 14.9. The van der Waals surface area contributed by atoms with E-state index in [0.29, 0.717) is 12.1 Å². The molecule has 5 heteroatoms. The molecule has 0 fully saturated rings. The molecule has 0 amide bonds. The van der Waals surface area contributed by atoms with Gasteiger partial charge in [0.25, 0.3) is 0 Å². The first kappa shape index (κ1) is 19.2. The van der Waals surface area contributed by atoms with Gasteiger partial charge >= 0.3 is 0 Å². The highest BCUT2D eigenvalue weighted by atomic mass is 35.5. The molecule has 3 aromatic carbocycles. The van der Waals surface area contributed by atoms with Crippen molar-refractivity contribution in [2.45, 2.75) is 19.5 Å². The zero-order chi connectivity index (χ0) is 17.1. The molecule has 0 bridgehead atoms. The van der Waals surface area contributed by atoms with Crippen molar-refractivity contribution < 1.29 is 13.5 Å². The third kappa shape index (κ3) is 4.47. The maximum absolute atomic E-state index is 13.8. The first-order valence-corrected chi connectivity index (χ1v) is 7.82. The minimum absolute atomic E-state index is 0. The average molecular weight is 364 g/mol. The van der Waals surface area contributed by atoms with Crippen LogP contribution in [-0.2, 0) is 6.54 Å². The lowest BCUT2D eigenvalue weighted by atomic mass is 10.0. The number of halogens is 3. The van der Waals surface area contributed by atoms with E-state index in [-0.39, 0.29) is 18.4 Å². The van der Waals surface area contributed by atoms with Crippen molar-refractivity contribution in [3.8, 4) is 5.75 Å². The second-order valence-electron chi connectivity index (χ2n) is 5.82. The maximum atomic E-state index is 13.8. The highest BCUT2D eigenvalue weighted by Gasteiger charge is 2.11. The Hall–Kier alpha value is -2.17. The van der Waals surface area contributed by atoms with E-state index < -0.39 is 11.6 Å². The monoisotopic (exact) mass is 363 g/mol. The molecule has 0 saturated carbocycles. The summed E-state index contributed by atoms with van der Waals surface area (Å²) >= 11 is 0. The first-order valence-electron chi connectivity index (χ1n) is 7.82. The minimum Gasteiger partial charge on any atom is -0.497 e. The van der Waals surface area contributed by atoms with Crippen molar-refractivity contribution in [1.29, 1.82) is 0 Å². The molecule has 0 saturated heterocycles. The maximum Gasteiger partial charge on any atom is 0.130 e. The van der Waals surface area contributed by atoms with Gasteiger partial charge in [0.1, 0.15) is 17.4 Å². The van der Waals surface area contributed by atoms with Crippen molar-refractivity contribution in [3.05, 3.63) is 77.4 Å². The van der Waals surface area contributed by atoms with Gasteiger partial charge < -0.3 is 10.1 Å². The Balaban J connectivity index is 0.00000225. The van der Waals surface area contributed by atoms with Crippen molar-refractivity contribution in [2.75, 3.05) is 7.11 Å². The van der Waals surface area contributed by atoms with Crippen molar-refractivity contribution in [1.82, 2.24) is 5.32 Å². The van der Waals surface area contributed by atoms with Gasteiger partial charge in [-0.2, -0.15) is 0 Å². The van der Waals surface area contributed by atoms with Gasteiger partial charge in [-0.05, 0) is 47.5 Å². The van der Waals surface area contributed by atoms with E-state index in [4.69, 9.17) is 4.74 Å². The zero-order valence-electron chi connectivity index (χ0n) is 14.1. The lowest BCUT2D eigenvalue weighted by Gasteiger charge is -2.15. The molecule has 25 heavy (non-hydrogen) atoms. The van der Waals surface area contributed by atoms with Crippen LogP contribution in [0.2, 0.25) is 0 Å². The van der Waals surface area contributed by atoms with Gasteiger partial charge in [-0.1, -0.05) is 24.3 Å².